The van der Waals surface area contributed by atoms with Crippen molar-refractivity contribution in [2.45, 2.75) is 0 Å². The molecule has 2 aliphatic heterocycles. The summed E-state index contributed by atoms with van der Waals surface area (Å²) in [4.78, 5) is 4.80. The Labute approximate surface area is 171 Å². The van der Waals surface area contributed by atoms with Crippen molar-refractivity contribution in [1.29, 1.82) is 0 Å². The molecule has 0 amide bonds. The average molecular weight is 396 g/mol. The third-order valence-electron chi connectivity index (χ3n) is 5.20. The van der Waals surface area contributed by atoms with Gasteiger partial charge in [-0.05, 0) is 12.1 Å². The number of piperazine rings is 1. The van der Waals surface area contributed by atoms with Crippen LogP contribution in [0.1, 0.15) is 5.56 Å². The largest absolute Gasteiger partial charge is 0.452 e. The van der Waals surface area contributed by atoms with E-state index in [1.54, 1.807) is 0 Å². The predicted molar refractivity (Wildman–Crippen MR) is 112 cm³/mol. The molecule has 0 bridgehead atoms. The first-order valence-corrected chi connectivity index (χ1v) is 10.2. The Kier molecular flexibility index (Phi) is 6.79. The Morgan fingerprint density at radius 3 is 2.17 bits per heavy atom. The lowest BCUT2D eigenvalue weighted by atomic mass is 10.1. The van der Waals surface area contributed by atoms with Crippen molar-refractivity contribution in [3.8, 4) is 11.5 Å². The molecule has 0 aromatic heterocycles. The minimum absolute atomic E-state index is 0.0812. The SMILES string of the molecule is OCCOCCN1CCN(CC2=C(c3ccccc3)Oc3ccccc3O2)CC1. The topological polar surface area (TPSA) is 54.4 Å². The Balaban J connectivity index is 1.41. The van der Waals surface area contributed by atoms with E-state index in [0.29, 0.717) is 19.8 Å². The Morgan fingerprint density at radius 2 is 1.45 bits per heavy atom. The molecule has 29 heavy (non-hydrogen) atoms. The zero-order valence-corrected chi connectivity index (χ0v) is 16.6. The van der Waals surface area contributed by atoms with Crippen molar-refractivity contribution in [2.24, 2.45) is 0 Å². The molecule has 4 rings (SSSR count). The molecule has 0 saturated carbocycles. The average Bonchev–Trinajstić information content (AvgIpc) is 2.78. The smallest absolute Gasteiger partial charge is 0.174 e. The minimum atomic E-state index is 0.0812. The highest BCUT2D eigenvalue weighted by molar-refractivity contribution is 5.68. The zero-order chi connectivity index (χ0) is 19.9. The Bertz CT molecular complexity index is 817. The van der Waals surface area contributed by atoms with Gasteiger partial charge in [-0.25, -0.2) is 0 Å². The van der Waals surface area contributed by atoms with Crippen LogP contribution in [-0.2, 0) is 4.74 Å². The Hall–Kier alpha value is -2.38. The summed E-state index contributed by atoms with van der Waals surface area (Å²) in [5.74, 6) is 3.17. The van der Waals surface area contributed by atoms with E-state index < -0.39 is 0 Å². The van der Waals surface area contributed by atoms with Gasteiger partial charge in [0.1, 0.15) is 0 Å². The van der Waals surface area contributed by atoms with Crippen molar-refractivity contribution < 1.29 is 19.3 Å². The number of fused-ring (bicyclic) bond motifs is 1. The molecule has 2 aliphatic rings. The number of aliphatic hydroxyl groups is 1. The molecule has 2 aromatic carbocycles. The van der Waals surface area contributed by atoms with Gasteiger partial charge < -0.3 is 19.3 Å². The van der Waals surface area contributed by atoms with Gasteiger partial charge in [-0.1, -0.05) is 42.5 Å². The molecule has 0 unspecified atom stereocenters. The van der Waals surface area contributed by atoms with Crippen molar-refractivity contribution in [3.05, 3.63) is 65.9 Å². The van der Waals surface area contributed by atoms with Crippen LogP contribution in [0.25, 0.3) is 5.76 Å². The normalized spacial score (nSPS) is 17.6. The van der Waals surface area contributed by atoms with Crippen LogP contribution in [0.5, 0.6) is 11.5 Å². The summed E-state index contributed by atoms with van der Waals surface area (Å²) >= 11 is 0. The highest BCUT2D eigenvalue weighted by atomic mass is 16.6. The molecule has 1 N–H and O–H groups in total. The maximum atomic E-state index is 8.79. The number of hydrogen-bond acceptors (Lipinski definition) is 6. The lowest BCUT2D eigenvalue weighted by Crippen LogP contribution is -2.48. The van der Waals surface area contributed by atoms with Gasteiger partial charge in [0.2, 0.25) is 0 Å². The van der Waals surface area contributed by atoms with Crippen LogP contribution >= 0.6 is 0 Å². The number of para-hydroxylation sites is 2. The molecule has 1 saturated heterocycles. The van der Waals surface area contributed by atoms with Gasteiger partial charge >= 0.3 is 0 Å². The number of ether oxygens (including phenoxy) is 3. The maximum absolute atomic E-state index is 8.79. The zero-order valence-electron chi connectivity index (χ0n) is 16.6. The number of rotatable bonds is 8. The maximum Gasteiger partial charge on any atom is 0.174 e. The first-order chi connectivity index (χ1) is 14.3. The summed E-state index contributed by atoms with van der Waals surface area (Å²) in [5.41, 5.74) is 1.02. The molecular formula is C23H28N2O4. The van der Waals surface area contributed by atoms with Crippen LogP contribution in [0.15, 0.2) is 60.4 Å². The summed E-state index contributed by atoms with van der Waals surface area (Å²) in [6.45, 7) is 6.70. The third-order valence-corrected chi connectivity index (χ3v) is 5.20. The standard InChI is InChI=1S/C23H28N2O4/c26-15-17-27-16-14-24-10-12-25(13-11-24)18-22-23(19-6-2-1-3-7-19)29-21-9-5-4-8-20(21)28-22/h1-9,26H,10-18H2. The predicted octanol–water partition coefficient (Wildman–Crippen LogP) is 2.45. The lowest BCUT2D eigenvalue weighted by molar-refractivity contribution is 0.0576. The van der Waals surface area contributed by atoms with E-state index in [0.717, 1.165) is 61.3 Å². The molecular weight excluding hydrogens is 368 g/mol. The van der Waals surface area contributed by atoms with Crippen molar-refractivity contribution in [1.82, 2.24) is 9.80 Å². The lowest BCUT2D eigenvalue weighted by Gasteiger charge is -2.35. The van der Waals surface area contributed by atoms with Crippen molar-refractivity contribution in [2.75, 3.05) is 59.1 Å². The number of benzene rings is 2. The fourth-order valence-electron chi connectivity index (χ4n) is 3.61. The van der Waals surface area contributed by atoms with Crippen molar-refractivity contribution >= 4 is 5.76 Å². The quantitative estimate of drug-likeness (QED) is 0.692. The fraction of sp³-hybridized carbons (Fsp3) is 0.391. The number of hydrogen-bond donors (Lipinski definition) is 1. The first kappa shape index (κ1) is 19.9. The van der Waals surface area contributed by atoms with E-state index in [-0.39, 0.29) is 6.61 Å². The molecule has 6 nitrogen and oxygen atoms in total. The van der Waals surface area contributed by atoms with Gasteiger partial charge in [0, 0.05) is 38.3 Å². The van der Waals surface area contributed by atoms with E-state index in [2.05, 4.69) is 21.9 Å². The molecule has 154 valence electrons. The summed E-state index contributed by atoms with van der Waals surface area (Å²) in [5, 5.41) is 8.79. The molecule has 0 atom stereocenters. The van der Waals surface area contributed by atoms with Crippen LogP contribution in [0, 0.1) is 0 Å². The second kappa shape index (κ2) is 9.89. The molecule has 2 heterocycles. The van der Waals surface area contributed by atoms with Gasteiger partial charge in [-0.2, -0.15) is 0 Å². The fourth-order valence-corrected chi connectivity index (χ4v) is 3.61. The third kappa shape index (κ3) is 5.16. The van der Waals surface area contributed by atoms with Crippen LogP contribution < -0.4 is 9.47 Å². The van der Waals surface area contributed by atoms with E-state index in [4.69, 9.17) is 19.3 Å². The van der Waals surface area contributed by atoms with Gasteiger partial charge in [-0.15, -0.1) is 0 Å². The van der Waals surface area contributed by atoms with E-state index >= 15 is 0 Å². The molecule has 1 fully saturated rings. The van der Waals surface area contributed by atoms with E-state index in [1.807, 2.05) is 42.5 Å². The van der Waals surface area contributed by atoms with Gasteiger partial charge in [-0.3, -0.25) is 9.80 Å². The van der Waals surface area contributed by atoms with Gasteiger partial charge in [0.25, 0.3) is 0 Å². The summed E-state index contributed by atoms with van der Waals surface area (Å²) in [6, 6.07) is 17.9. The highest BCUT2D eigenvalue weighted by Gasteiger charge is 2.26. The second-order valence-electron chi connectivity index (χ2n) is 7.22. The molecule has 0 radical (unpaired) electrons. The van der Waals surface area contributed by atoms with Crippen LogP contribution in [0.4, 0.5) is 0 Å². The van der Waals surface area contributed by atoms with Gasteiger partial charge in [0.15, 0.2) is 23.0 Å². The van der Waals surface area contributed by atoms with Gasteiger partial charge in [0.05, 0.1) is 26.4 Å². The molecule has 2 aromatic rings. The van der Waals surface area contributed by atoms with Crippen LogP contribution in [0.2, 0.25) is 0 Å². The summed E-state index contributed by atoms with van der Waals surface area (Å²) in [7, 11) is 0. The monoisotopic (exact) mass is 396 g/mol. The van der Waals surface area contributed by atoms with E-state index in [9.17, 15) is 0 Å². The van der Waals surface area contributed by atoms with E-state index in [1.165, 1.54) is 0 Å². The molecule has 0 aliphatic carbocycles. The molecule has 0 spiro atoms. The summed E-state index contributed by atoms with van der Waals surface area (Å²) in [6.07, 6.45) is 0. The number of nitrogens with zero attached hydrogens (tertiary/aromatic N) is 2. The molecule has 6 heteroatoms. The van der Waals surface area contributed by atoms with Crippen molar-refractivity contribution in [3.63, 3.8) is 0 Å². The Morgan fingerprint density at radius 1 is 0.793 bits per heavy atom. The first-order valence-electron chi connectivity index (χ1n) is 10.2. The van der Waals surface area contributed by atoms with Crippen LogP contribution in [0.3, 0.4) is 0 Å². The van der Waals surface area contributed by atoms with Crippen LogP contribution in [-0.4, -0.2) is 74.0 Å². The second-order valence-corrected chi connectivity index (χ2v) is 7.22. The summed E-state index contributed by atoms with van der Waals surface area (Å²) < 4.78 is 17.9. The number of aliphatic hydroxyl groups excluding tert-OH is 1. The minimum Gasteiger partial charge on any atom is -0.452 e. The highest BCUT2D eigenvalue weighted by Crippen LogP contribution is 2.38.